The second-order valence-electron chi connectivity index (χ2n) is 4.17. The average molecular weight is 240 g/mol. The van der Waals surface area contributed by atoms with Crippen molar-refractivity contribution in [2.45, 2.75) is 26.0 Å². The Labute approximate surface area is 101 Å². The van der Waals surface area contributed by atoms with Gasteiger partial charge in [0.25, 0.3) is 0 Å². The van der Waals surface area contributed by atoms with E-state index in [4.69, 9.17) is 4.74 Å². The minimum Gasteiger partial charge on any atom is -0.376 e. The number of rotatable bonds is 5. The Morgan fingerprint density at radius 2 is 2.50 bits per heavy atom. The van der Waals surface area contributed by atoms with Crippen molar-refractivity contribution in [3.63, 3.8) is 0 Å². The predicted molar refractivity (Wildman–Crippen MR) is 68.0 cm³/mol. The highest BCUT2D eigenvalue weighted by Crippen LogP contribution is 2.14. The van der Waals surface area contributed by atoms with Crippen LogP contribution >= 0.6 is 11.3 Å². The van der Waals surface area contributed by atoms with Crippen LogP contribution in [0.5, 0.6) is 0 Å². The summed E-state index contributed by atoms with van der Waals surface area (Å²) in [5.74, 6) is 0. The number of aryl methyl sites for hydroxylation is 1. The van der Waals surface area contributed by atoms with Gasteiger partial charge in [0.05, 0.1) is 12.7 Å². The molecule has 0 amide bonds. The SMILES string of the molecule is Cc1ccc(CNCCC2CNCCO2)s1. The van der Waals surface area contributed by atoms with Crippen LogP contribution in [0.4, 0.5) is 0 Å². The molecule has 0 bridgehead atoms. The van der Waals surface area contributed by atoms with E-state index in [2.05, 4.69) is 29.7 Å². The zero-order valence-corrected chi connectivity index (χ0v) is 10.6. The number of hydrogen-bond acceptors (Lipinski definition) is 4. The fraction of sp³-hybridized carbons (Fsp3) is 0.667. The fourth-order valence-electron chi connectivity index (χ4n) is 1.86. The third-order valence-electron chi connectivity index (χ3n) is 2.74. The van der Waals surface area contributed by atoms with Crippen LogP contribution in [0.1, 0.15) is 16.2 Å². The van der Waals surface area contributed by atoms with Gasteiger partial charge in [0.15, 0.2) is 0 Å². The maximum Gasteiger partial charge on any atom is 0.0712 e. The molecule has 0 radical (unpaired) electrons. The van der Waals surface area contributed by atoms with Gasteiger partial charge >= 0.3 is 0 Å². The summed E-state index contributed by atoms with van der Waals surface area (Å²) < 4.78 is 5.63. The van der Waals surface area contributed by atoms with Gasteiger partial charge in [0.2, 0.25) is 0 Å². The maximum absolute atomic E-state index is 5.63. The molecule has 1 aromatic rings. The molecule has 1 fully saturated rings. The molecule has 1 aliphatic heterocycles. The van der Waals surface area contributed by atoms with Crippen LogP contribution in [-0.2, 0) is 11.3 Å². The molecule has 3 nitrogen and oxygen atoms in total. The minimum atomic E-state index is 0.395. The third kappa shape index (κ3) is 3.87. The van der Waals surface area contributed by atoms with Crippen molar-refractivity contribution in [3.8, 4) is 0 Å². The number of hydrogen-bond donors (Lipinski definition) is 2. The van der Waals surface area contributed by atoms with Crippen molar-refractivity contribution in [1.29, 1.82) is 0 Å². The van der Waals surface area contributed by atoms with E-state index >= 15 is 0 Å². The van der Waals surface area contributed by atoms with E-state index in [1.54, 1.807) is 0 Å². The number of morpholine rings is 1. The largest absolute Gasteiger partial charge is 0.376 e. The molecule has 1 unspecified atom stereocenters. The lowest BCUT2D eigenvalue weighted by Gasteiger charge is -2.23. The van der Waals surface area contributed by atoms with Crippen LogP contribution < -0.4 is 10.6 Å². The molecule has 4 heteroatoms. The maximum atomic E-state index is 5.63. The van der Waals surface area contributed by atoms with Gasteiger partial charge in [-0.25, -0.2) is 0 Å². The molecule has 2 rings (SSSR count). The molecule has 90 valence electrons. The molecule has 16 heavy (non-hydrogen) atoms. The Morgan fingerprint density at radius 1 is 1.56 bits per heavy atom. The lowest BCUT2D eigenvalue weighted by atomic mass is 10.2. The highest BCUT2D eigenvalue weighted by atomic mass is 32.1. The Balaban J connectivity index is 1.57. The Hall–Kier alpha value is -0.420. The van der Waals surface area contributed by atoms with Gasteiger partial charge in [-0.2, -0.15) is 0 Å². The lowest BCUT2D eigenvalue weighted by Crippen LogP contribution is -2.39. The van der Waals surface area contributed by atoms with Gasteiger partial charge in [-0.1, -0.05) is 0 Å². The minimum absolute atomic E-state index is 0.395. The highest BCUT2D eigenvalue weighted by Gasteiger charge is 2.12. The van der Waals surface area contributed by atoms with Crippen LogP contribution in [0.3, 0.4) is 0 Å². The van der Waals surface area contributed by atoms with Gasteiger partial charge < -0.3 is 15.4 Å². The summed E-state index contributed by atoms with van der Waals surface area (Å²) in [7, 11) is 0. The van der Waals surface area contributed by atoms with Gasteiger partial charge in [-0.05, 0) is 32.0 Å². The van der Waals surface area contributed by atoms with E-state index < -0.39 is 0 Å². The van der Waals surface area contributed by atoms with Gasteiger partial charge in [-0.15, -0.1) is 11.3 Å². The van der Waals surface area contributed by atoms with E-state index in [9.17, 15) is 0 Å². The monoisotopic (exact) mass is 240 g/mol. The summed E-state index contributed by atoms with van der Waals surface area (Å²) in [6, 6.07) is 4.38. The Bertz CT molecular complexity index is 308. The summed E-state index contributed by atoms with van der Waals surface area (Å²) in [6.07, 6.45) is 1.49. The first-order valence-electron chi connectivity index (χ1n) is 5.93. The molecule has 2 heterocycles. The second kappa shape index (κ2) is 6.35. The van der Waals surface area contributed by atoms with Gasteiger partial charge in [0, 0.05) is 29.4 Å². The lowest BCUT2D eigenvalue weighted by molar-refractivity contribution is 0.0238. The van der Waals surface area contributed by atoms with Crippen molar-refractivity contribution in [2.75, 3.05) is 26.2 Å². The quantitative estimate of drug-likeness (QED) is 0.766. The van der Waals surface area contributed by atoms with E-state index in [-0.39, 0.29) is 0 Å². The molecular weight excluding hydrogens is 220 g/mol. The molecule has 0 spiro atoms. The zero-order valence-electron chi connectivity index (χ0n) is 9.79. The van der Waals surface area contributed by atoms with Crippen molar-refractivity contribution in [3.05, 3.63) is 21.9 Å². The predicted octanol–water partition coefficient (Wildman–Crippen LogP) is 1.52. The molecule has 1 saturated heterocycles. The summed E-state index contributed by atoms with van der Waals surface area (Å²) in [4.78, 5) is 2.80. The first-order chi connectivity index (χ1) is 7.84. The van der Waals surface area contributed by atoms with Crippen LogP contribution in [-0.4, -0.2) is 32.3 Å². The topological polar surface area (TPSA) is 33.3 Å². The standard InChI is InChI=1S/C12H20N2OS/c1-10-2-3-12(16-10)9-13-5-4-11-8-14-6-7-15-11/h2-3,11,13-14H,4-9H2,1H3. The fourth-order valence-corrected chi connectivity index (χ4v) is 2.72. The normalized spacial score (nSPS) is 21.2. The summed E-state index contributed by atoms with van der Waals surface area (Å²) in [5, 5.41) is 6.81. The van der Waals surface area contributed by atoms with E-state index in [0.29, 0.717) is 6.10 Å². The third-order valence-corrected chi connectivity index (χ3v) is 3.74. The Kier molecular flexibility index (Phi) is 4.78. The first kappa shape index (κ1) is 12.0. The van der Waals surface area contributed by atoms with Crippen LogP contribution in [0.15, 0.2) is 12.1 Å². The molecule has 0 aromatic carbocycles. The first-order valence-corrected chi connectivity index (χ1v) is 6.74. The summed E-state index contributed by atoms with van der Waals surface area (Å²) >= 11 is 1.87. The summed E-state index contributed by atoms with van der Waals surface area (Å²) in [5.41, 5.74) is 0. The van der Waals surface area contributed by atoms with Gasteiger partial charge in [-0.3, -0.25) is 0 Å². The van der Waals surface area contributed by atoms with E-state index in [0.717, 1.165) is 39.2 Å². The number of thiophene rings is 1. The van der Waals surface area contributed by atoms with Crippen molar-refractivity contribution < 1.29 is 4.74 Å². The van der Waals surface area contributed by atoms with Crippen LogP contribution in [0.2, 0.25) is 0 Å². The van der Waals surface area contributed by atoms with Crippen molar-refractivity contribution >= 4 is 11.3 Å². The van der Waals surface area contributed by atoms with E-state index in [1.807, 2.05) is 11.3 Å². The molecule has 0 saturated carbocycles. The van der Waals surface area contributed by atoms with Crippen molar-refractivity contribution in [2.24, 2.45) is 0 Å². The van der Waals surface area contributed by atoms with E-state index in [1.165, 1.54) is 9.75 Å². The molecular formula is C12H20N2OS. The van der Waals surface area contributed by atoms with Crippen LogP contribution in [0.25, 0.3) is 0 Å². The van der Waals surface area contributed by atoms with Crippen LogP contribution in [0, 0.1) is 6.92 Å². The average Bonchev–Trinajstić information content (AvgIpc) is 2.72. The summed E-state index contributed by atoms with van der Waals surface area (Å²) in [6.45, 7) is 7.02. The molecule has 0 aliphatic carbocycles. The number of ether oxygens (including phenoxy) is 1. The molecule has 2 N–H and O–H groups in total. The zero-order chi connectivity index (χ0) is 11.2. The second-order valence-corrected chi connectivity index (χ2v) is 5.55. The highest BCUT2D eigenvalue weighted by molar-refractivity contribution is 7.11. The number of nitrogens with one attached hydrogen (secondary N) is 2. The Morgan fingerprint density at radius 3 is 3.19 bits per heavy atom. The molecule has 1 aromatic heterocycles. The molecule has 1 atom stereocenters. The molecule has 1 aliphatic rings. The smallest absolute Gasteiger partial charge is 0.0712 e. The van der Waals surface area contributed by atoms with Gasteiger partial charge in [0.1, 0.15) is 0 Å². The van der Waals surface area contributed by atoms with Crippen molar-refractivity contribution in [1.82, 2.24) is 10.6 Å².